The van der Waals surface area contributed by atoms with Gasteiger partial charge < -0.3 is 10.2 Å². The summed E-state index contributed by atoms with van der Waals surface area (Å²) in [4.78, 5) is 17.6. The van der Waals surface area contributed by atoms with Gasteiger partial charge in [-0.1, -0.05) is 38.1 Å². The van der Waals surface area contributed by atoms with E-state index >= 15 is 0 Å². The van der Waals surface area contributed by atoms with E-state index in [2.05, 4.69) is 36.3 Å². The first kappa shape index (κ1) is 26.8. The molecule has 36 heavy (non-hydrogen) atoms. The number of hydrogen-bond donors (Lipinski definition) is 3. The molecule has 2 atom stereocenters. The summed E-state index contributed by atoms with van der Waals surface area (Å²) in [7, 11) is -1.46. The van der Waals surface area contributed by atoms with Gasteiger partial charge in [0.15, 0.2) is 6.04 Å². The third-order valence-corrected chi connectivity index (χ3v) is 9.45. The lowest BCUT2D eigenvalue weighted by atomic mass is 9.83. The van der Waals surface area contributed by atoms with E-state index in [0.717, 1.165) is 18.4 Å². The van der Waals surface area contributed by atoms with Crippen molar-refractivity contribution in [3.05, 3.63) is 59.4 Å². The molecule has 2 heterocycles. The van der Waals surface area contributed by atoms with Gasteiger partial charge in [0.25, 0.3) is 0 Å². The fraction of sp³-hybridized carbons (Fsp3) is 0.538. The molecule has 1 aromatic carbocycles. The second kappa shape index (κ2) is 9.87. The van der Waals surface area contributed by atoms with Crippen LogP contribution >= 0.6 is 10.6 Å². The first-order valence-corrected chi connectivity index (χ1v) is 14.0. The van der Waals surface area contributed by atoms with Crippen LogP contribution in [-0.2, 0) is 16.6 Å². The molecule has 1 fully saturated rings. The molecule has 0 radical (unpaired) electrons. The maximum atomic E-state index is 14.1. The minimum Gasteiger partial charge on any atom is -0.380 e. The molecule has 10 heteroatoms. The highest BCUT2D eigenvalue weighted by Gasteiger charge is 2.46. The van der Waals surface area contributed by atoms with Crippen LogP contribution in [0.15, 0.2) is 42.6 Å². The molecule has 1 aliphatic carbocycles. The van der Waals surface area contributed by atoms with Gasteiger partial charge in [0.2, 0.25) is 5.91 Å². The lowest BCUT2D eigenvalue weighted by Crippen LogP contribution is -2.41. The van der Waals surface area contributed by atoms with E-state index < -0.39 is 28.7 Å². The number of alkyl halides is 3. The van der Waals surface area contributed by atoms with Crippen LogP contribution in [0.2, 0.25) is 0 Å². The van der Waals surface area contributed by atoms with Crippen LogP contribution in [0.5, 0.6) is 0 Å². The number of hydrogen-bond acceptors (Lipinski definition) is 5. The largest absolute Gasteiger partial charge is 0.414 e. The van der Waals surface area contributed by atoms with Crippen molar-refractivity contribution in [3.8, 4) is 0 Å². The highest BCUT2D eigenvalue weighted by molar-refractivity contribution is 8.24. The number of carbonyl (C=O) groups excluding carboxylic acids is 1. The number of rotatable bonds is 6. The van der Waals surface area contributed by atoms with Crippen molar-refractivity contribution < 1.29 is 27.1 Å². The molecular weight excluding hydrogens is 491 g/mol. The fourth-order valence-electron chi connectivity index (χ4n) is 5.36. The van der Waals surface area contributed by atoms with E-state index in [1.54, 1.807) is 6.07 Å². The first-order valence-electron chi connectivity index (χ1n) is 12.1. The van der Waals surface area contributed by atoms with Crippen molar-refractivity contribution in [1.29, 1.82) is 0 Å². The smallest absolute Gasteiger partial charge is 0.380 e. The average molecular weight is 526 g/mol. The molecule has 0 bridgehead atoms. The van der Waals surface area contributed by atoms with Crippen molar-refractivity contribution >= 4 is 22.2 Å². The van der Waals surface area contributed by atoms with Crippen LogP contribution in [0.4, 0.5) is 18.9 Å². The SMILES string of the molecule is CN(C(=O)CC1CCS(O)(O)CC1)[C@@H](c1ccc(NC2Cc3ccccc3C2(C)C)cn1)C(F)(F)F. The molecule has 2 aliphatic rings. The second-order valence-corrected chi connectivity index (χ2v) is 13.0. The van der Waals surface area contributed by atoms with Crippen LogP contribution < -0.4 is 5.32 Å². The molecular formula is C26H34F3N3O3S. The number of halogens is 3. The zero-order chi connectivity index (χ0) is 26.3. The Morgan fingerprint density at radius 1 is 1.19 bits per heavy atom. The van der Waals surface area contributed by atoms with Gasteiger partial charge in [-0.3, -0.25) is 18.9 Å². The molecule has 198 valence electrons. The van der Waals surface area contributed by atoms with Gasteiger partial charge in [0, 0.05) is 36.4 Å². The van der Waals surface area contributed by atoms with Crippen molar-refractivity contribution in [2.45, 2.75) is 63.2 Å². The van der Waals surface area contributed by atoms with E-state index in [9.17, 15) is 27.1 Å². The Balaban J connectivity index is 1.45. The summed E-state index contributed by atoms with van der Waals surface area (Å²) in [6.07, 6.45) is -1.71. The molecule has 1 aromatic heterocycles. The molecule has 1 saturated heterocycles. The van der Waals surface area contributed by atoms with E-state index in [-0.39, 0.29) is 41.0 Å². The maximum absolute atomic E-state index is 14.1. The van der Waals surface area contributed by atoms with Gasteiger partial charge >= 0.3 is 6.18 Å². The lowest BCUT2D eigenvalue weighted by Gasteiger charge is -2.39. The van der Waals surface area contributed by atoms with Gasteiger partial charge in [-0.15, -0.1) is 0 Å². The van der Waals surface area contributed by atoms with E-state index in [1.807, 2.05) is 12.1 Å². The molecule has 2 aromatic rings. The predicted octanol–water partition coefficient (Wildman–Crippen LogP) is 6.01. The fourth-order valence-corrected chi connectivity index (χ4v) is 6.98. The Morgan fingerprint density at radius 2 is 1.86 bits per heavy atom. The number of benzene rings is 1. The molecule has 4 rings (SSSR count). The Labute approximate surface area is 211 Å². The summed E-state index contributed by atoms with van der Waals surface area (Å²) in [5.74, 6) is -0.408. The van der Waals surface area contributed by atoms with Crippen molar-refractivity contribution in [2.75, 3.05) is 23.9 Å². The van der Waals surface area contributed by atoms with Crippen LogP contribution in [0.3, 0.4) is 0 Å². The Bertz CT molecular complexity index is 1080. The quantitative estimate of drug-likeness (QED) is 0.430. The summed E-state index contributed by atoms with van der Waals surface area (Å²) in [5, 5.41) is 3.43. The number of amides is 1. The number of aromatic nitrogens is 1. The minimum atomic E-state index is -4.69. The first-order chi connectivity index (χ1) is 16.8. The summed E-state index contributed by atoms with van der Waals surface area (Å²) in [5.41, 5.74) is 2.75. The summed E-state index contributed by atoms with van der Waals surface area (Å²) < 4.78 is 61.7. The summed E-state index contributed by atoms with van der Waals surface area (Å²) in [6.45, 7) is 4.29. The molecule has 3 N–H and O–H groups in total. The topological polar surface area (TPSA) is 85.7 Å². The van der Waals surface area contributed by atoms with Gasteiger partial charge in [-0.25, -0.2) is 0 Å². The average Bonchev–Trinajstić information content (AvgIpc) is 3.05. The predicted molar refractivity (Wildman–Crippen MR) is 136 cm³/mol. The minimum absolute atomic E-state index is 0.0600. The van der Waals surface area contributed by atoms with Gasteiger partial charge in [0.1, 0.15) is 0 Å². The van der Waals surface area contributed by atoms with Crippen LogP contribution in [0.1, 0.15) is 56.0 Å². The van der Waals surface area contributed by atoms with Crippen molar-refractivity contribution in [3.63, 3.8) is 0 Å². The number of nitrogens with one attached hydrogen (secondary N) is 1. The molecule has 6 nitrogen and oxygen atoms in total. The van der Waals surface area contributed by atoms with Gasteiger partial charge in [-0.2, -0.15) is 23.8 Å². The number of carbonyl (C=O) groups is 1. The van der Waals surface area contributed by atoms with Crippen LogP contribution in [-0.4, -0.2) is 55.7 Å². The van der Waals surface area contributed by atoms with E-state index in [0.29, 0.717) is 18.5 Å². The number of fused-ring (bicyclic) bond motifs is 1. The van der Waals surface area contributed by atoms with Crippen molar-refractivity contribution in [2.24, 2.45) is 5.92 Å². The van der Waals surface area contributed by atoms with E-state index in [4.69, 9.17) is 0 Å². The molecule has 0 spiro atoms. The third kappa shape index (κ3) is 5.65. The highest BCUT2D eigenvalue weighted by atomic mass is 32.3. The Hall–Kier alpha value is -2.30. The third-order valence-electron chi connectivity index (χ3n) is 7.67. The standard InChI is InChI=1S/C26H34F3N3O3S/c1-25(2)20-7-5-4-6-18(20)15-22(25)31-19-8-9-21(30-16-19)24(26(27,28)29)32(3)23(33)14-17-10-12-36(34,35)13-11-17/h4-9,16-17,22,24,31,34-35H,10-15H2,1-3H3/t22?,24-/m0/s1. The summed E-state index contributed by atoms with van der Waals surface area (Å²) in [6, 6.07) is 9.05. The van der Waals surface area contributed by atoms with Crippen molar-refractivity contribution in [1.82, 2.24) is 9.88 Å². The number of nitrogens with zero attached hydrogens (tertiary/aromatic N) is 2. The second-order valence-electron chi connectivity index (χ2n) is 10.6. The Morgan fingerprint density at radius 3 is 2.44 bits per heavy atom. The Kier molecular flexibility index (Phi) is 7.34. The lowest BCUT2D eigenvalue weighted by molar-refractivity contribution is -0.190. The zero-order valence-electron chi connectivity index (χ0n) is 20.8. The van der Waals surface area contributed by atoms with E-state index in [1.165, 1.54) is 23.4 Å². The van der Waals surface area contributed by atoms with Gasteiger partial charge in [0.05, 0.1) is 17.6 Å². The monoisotopic (exact) mass is 525 g/mol. The normalized spacial score (nSPS) is 22.9. The van der Waals surface area contributed by atoms with Crippen LogP contribution in [0.25, 0.3) is 0 Å². The molecule has 1 unspecified atom stereocenters. The zero-order valence-corrected chi connectivity index (χ0v) is 21.6. The number of anilines is 1. The maximum Gasteiger partial charge on any atom is 0.414 e. The number of pyridine rings is 1. The molecule has 1 aliphatic heterocycles. The van der Waals surface area contributed by atoms with Gasteiger partial charge in [-0.05, 0) is 48.4 Å². The van der Waals surface area contributed by atoms with Crippen LogP contribution in [0, 0.1) is 5.92 Å². The summed E-state index contributed by atoms with van der Waals surface area (Å²) >= 11 is 0. The molecule has 1 amide bonds. The highest BCUT2D eigenvalue weighted by Crippen LogP contribution is 2.47. The molecule has 0 saturated carbocycles.